The Hall–Kier alpha value is -3.56. The Morgan fingerprint density at radius 2 is 2.09 bits per heavy atom. The van der Waals surface area contributed by atoms with E-state index < -0.39 is 5.41 Å². The summed E-state index contributed by atoms with van der Waals surface area (Å²) in [4.78, 5) is 12.9. The number of ketones is 1. The van der Waals surface area contributed by atoms with E-state index >= 15 is 0 Å². The zero-order valence-electron chi connectivity index (χ0n) is 19.0. The molecule has 2 aromatic carbocycles. The van der Waals surface area contributed by atoms with Crippen LogP contribution >= 0.6 is 0 Å². The first-order valence-corrected chi connectivity index (χ1v) is 11.7. The minimum atomic E-state index is -0.864. The second kappa shape index (κ2) is 8.66. The summed E-state index contributed by atoms with van der Waals surface area (Å²) in [6.07, 6.45) is 4.67. The maximum Gasteiger partial charge on any atom is 0.176 e. The number of aryl methyl sites for hydroxylation is 1. The summed E-state index contributed by atoms with van der Waals surface area (Å²) in [5, 5.41) is 26.9. The van der Waals surface area contributed by atoms with Crippen LogP contribution in [0.5, 0.6) is 0 Å². The van der Waals surface area contributed by atoms with E-state index in [1.165, 1.54) is 12.1 Å². The largest absolute Gasteiger partial charge is 0.396 e. The lowest BCUT2D eigenvalue weighted by molar-refractivity contribution is -0.121. The number of rotatable bonds is 5. The summed E-state index contributed by atoms with van der Waals surface area (Å²) in [5.41, 5.74) is 4.79. The number of hydrogen-bond acceptors (Lipinski definition) is 4. The monoisotopic (exact) mass is 455 g/mol. The Morgan fingerprint density at radius 3 is 2.85 bits per heavy atom. The van der Waals surface area contributed by atoms with E-state index in [2.05, 4.69) is 17.2 Å². The maximum atomic E-state index is 14.4. The number of aliphatic hydroxyl groups is 1. The molecule has 3 atom stereocenters. The van der Waals surface area contributed by atoms with Crippen LogP contribution in [0, 0.1) is 29.0 Å². The van der Waals surface area contributed by atoms with Gasteiger partial charge in [-0.25, -0.2) is 4.39 Å². The van der Waals surface area contributed by atoms with E-state index in [9.17, 15) is 19.6 Å². The fourth-order valence-electron chi connectivity index (χ4n) is 5.87. The van der Waals surface area contributed by atoms with Gasteiger partial charge in [0.1, 0.15) is 11.9 Å². The van der Waals surface area contributed by atoms with Gasteiger partial charge in [0.25, 0.3) is 0 Å². The Balaban J connectivity index is 1.72. The Bertz CT molecular complexity index is 1340. The highest BCUT2D eigenvalue weighted by Crippen LogP contribution is 2.54. The van der Waals surface area contributed by atoms with Crippen LogP contribution in [0.15, 0.2) is 60.2 Å². The molecule has 0 saturated heterocycles. The van der Waals surface area contributed by atoms with E-state index in [0.29, 0.717) is 12.0 Å². The molecule has 0 spiro atoms. The SMILES string of the molecule is CC1C(=O)C(C#N)=C[C@]2(c3cccc(F)c3)c3n[nH]c(-c4cccc(CCCO)c4)c3CCC12. The van der Waals surface area contributed by atoms with Gasteiger partial charge in [-0.05, 0) is 67.0 Å². The second-order valence-electron chi connectivity index (χ2n) is 9.30. The number of carbonyl (C=O) groups is 1. The van der Waals surface area contributed by atoms with E-state index in [-0.39, 0.29) is 35.6 Å². The van der Waals surface area contributed by atoms with Crippen LogP contribution in [0.4, 0.5) is 4.39 Å². The quantitative estimate of drug-likeness (QED) is 0.586. The Kier molecular flexibility index (Phi) is 5.66. The summed E-state index contributed by atoms with van der Waals surface area (Å²) < 4.78 is 14.4. The van der Waals surface area contributed by atoms with Gasteiger partial charge in [0.2, 0.25) is 0 Å². The number of nitriles is 1. The third kappa shape index (κ3) is 3.39. The fraction of sp³-hybridized carbons (Fsp3) is 0.321. The van der Waals surface area contributed by atoms with Crippen molar-refractivity contribution in [3.05, 3.63) is 88.4 Å². The van der Waals surface area contributed by atoms with E-state index in [1.54, 1.807) is 12.1 Å². The number of fused-ring (bicyclic) bond motifs is 3. The highest BCUT2D eigenvalue weighted by atomic mass is 19.1. The number of H-pyrrole nitrogens is 1. The first-order chi connectivity index (χ1) is 16.5. The number of halogens is 1. The molecule has 1 heterocycles. The number of nitrogens with one attached hydrogen (secondary N) is 1. The molecular weight excluding hydrogens is 429 g/mol. The van der Waals surface area contributed by atoms with Crippen LogP contribution in [-0.4, -0.2) is 27.7 Å². The number of Topliss-reactive ketones (excluding diaryl/α,β-unsaturated/α-hetero) is 1. The Morgan fingerprint density at radius 1 is 1.26 bits per heavy atom. The van der Waals surface area contributed by atoms with Crippen molar-refractivity contribution in [2.45, 2.75) is 38.0 Å². The number of allylic oxidation sites excluding steroid dienone is 2. The molecule has 2 N–H and O–H groups in total. The molecule has 2 unspecified atom stereocenters. The number of aromatic nitrogens is 2. The molecule has 0 fully saturated rings. The van der Waals surface area contributed by atoms with Gasteiger partial charge in [-0.1, -0.05) is 37.3 Å². The van der Waals surface area contributed by atoms with Crippen molar-refractivity contribution in [3.63, 3.8) is 0 Å². The molecule has 0 amide bonds. The van der Waals surface area contributed by atoms with Crippen LogP contribution in [-0.2, 0) is 23.1 Å². The van der Waals surface area contributed by atoms with Crippen LogP contribution < -0.4 is 0 Å². The summed E-state index contributed by atoms with van der Waals surface area (Å²) in [7, 11) is 0. The van der Waals surface area contributed by atoms with Crippen molar-refractivity contribution in [1.82, 2.24) is 10.2 Å². The molecule has 2 aliphatic rings. The van der Waals surface area contributed by atoms with Gasteiger partial charge in [0.15, 0.2) is 5.78 Å². The lowest BCUT2D eigenvalue weighted by atomic mass is 9.54. The molecule has 5 nitrogen and oxygen atoms in total. The van der Waals surface area contributed by atoms with Crippen LogP contribution in [0.1, 0.15) is 42.1 Å². The smallest absolute Gasteiger partial charge is 0.176 e. The van der Waals surface area contributed by atoms with E-state index in [1.807, 2.05) is 31.2 Å². The van der Waals surface area contributed by atoms with Gasteiger partial charge in [0, 0.05) is 23.7 Å². The summed E-state index contributed by atoms with van der Waals surface area (Å²) in [6.45, 7) is 2.01. The normalized spacial score (nSPS) is 23.6. The van der Waals surface area contributed by atoms with Crippen molar-refractivity contribution in [1.29, 1.82) is 5.26 Å². The van der Waals surface area contributed by atoms with Gasteiger partial charge in [-0.15, -0.1) is 0 Å². The third-order valence-electron chi connectivity index (χ3n) is 7.47. The highest BCUT2D eigenvalue weighted by Gasteiger charge is 2.53. The van der Waals surface area contributed by atoms with Gasteiger partial charge < -0.3 is 5.11 Å². The van der Waals surface area contributed by atoms with Crippen LogP contribution in [0.3, 0.4) is 0 Å². The van der Waals surface area contributed by atoms with Gasteiger partial charge >= 0.3 is 0 Å². The molecule has 0 saturated carbocycles. The molecule has 172 valence electrons. The third-order valence-corrected chi connectivity index (χ3v) is 7.47. The van der Waals surface area contributed by atoms with Crippen molar-refractivity contribution >= 4 is 5.78 Å². The summed E-state index contributed by atoms with van der Waals surface area (Å²) in [6, 6.07) is 16.7. The topological polar surface area (TPSA) is 89.8 Å². The first kappa shape index (κ1) is 22.2. The number of carbonyl (C=O) groups excluding carboxylic acids is 1. The maximum absolute atomic E-state index is 14.4. The molecule has 5 rings (SSSR count). The standard InChI is InChI=1S/C28H26FN3O2/c1-17-24-11-10-23-25(19-7-2-5-18(13-19)6-4-12-33)31-32-27(23)28(24,15-20(16-30)26(17)34)21-8-3-9-22(29)14-21/h2-3,5,7-9,13-15,17,24,33H,4,6,10-12H2,1H3,(H,31,32)/t17?,24?,28-/m1/s1. The molecule has 2 aliphatic carbocycles. The summed E-state index contributed by atoms with van der Waals surface area (Å²) in [5.74, 6) is -1.02. The molecule has 6 heteroatoms. The first-order valence-electron chi connectivity index (χ1n) is 11.7. The zero-order valence-corrected chi connectivity index (χ0v) is 19.0. The number of benzene rings is 2. The van der Waals surface area contributed by atoms with E-state index in [4.69, 9.17) is 5.10 Å². The molecule has 3 aromatic rings. The lowest BCUT2D eigenvalue weighted by Crippen LogP contribution is -2.48. The van der Waals surface area contributed by atoms with Crippen molar-refractivity contribution in [2.75, 3.05) is 6.61 Å². The van der Waals surface area contributed by atoms with Gasteiger partial charge in [-0.2, -0.15) is 10.4 Å². The van der Waals surface area contributed by atoms with Gasteiger partial charge in [0.05, 0.1) is 22.4 Å². The second-order valence-corrected chi connectivity index (χ2v) is 9.30. The average molecular weight is 456 g/mol. The van der Waals surface area contributed by atoms with E-state index in [0.717, 1.165) is 47.3 Å². The number of aromatic amines is 1. The van der Waals surface area contributed by atoms with Crippen molar-refractivity contribution < 1.29 is 14.3 Å². The van der Waals surface area contributed by atoms with Crippen molar-refractivity contribution in [3.8, 4) is 17.3 Å². The molecule has 0 aliphatic heterocycles. The molecule has 0 radical (unpaired) electrons. The van der Waals surface area contributed by atoms with Crippen LogP contribution in [0.2, 0.25) is 0 Å². The van der Waals surface area contributed by atoms with Gasteiger partial charge in [-0.3, -0.25) is 9.89 Å². The zero-order chi connectivity index (χ0) is 23.9. The number of aliphatic hydroxyl groups excluding tert-OH is 1. The predicted molar refractivity (Wildman–Crippen MR) is 126 cm³/mol. The fourth-order valence-corrected chi connectivity index (χ4v) is 5.87. The number of nitrogens with zero attached hydrogens (tertiary/aromatic N) is 2. The molecule has 34 heavy (non-hydrogen) atoms. The minimum Gasteiger partial charge on any atom is -0.396 e. The minimum absolute atomic E-state index is 0.108. The Labute approximate surface area is 197 Å². The highest BCUT2D eigenvalue weighted by molar-refractivity contribution is 6.02. The molecule has 0 bridgehead atoms. The van der Waals surface area contributed by atoms with Crippen molar-refractivity contribution in [2.24, 2.45) is 11.8 Å². The molecular formula is C28H26FN3O2. The summed E-state index contributed by atoms with van der Waals surface area (Å²) >= 11 is 0. The lowest BCUT2D eigenvalue weighted by Gasteiger charge is -2.47. The average Bonchev–Trinajstić information content (AvgIpc) is 3.30. The molecule has 1 aromatic heterocycles. The van der Waals surface area contributed by atoms with Crippen LogP contribution in [0.25, 0.3) is 11.3 Å². The number of hydrogen-bond donors (Lipinski definition) is 2. The predicted octanol–water partition coefficient (Wildman–Crippen LogP) is 4.66.